The van der Waals surface area contributed by atoms with Crippen LogP contribution in [0.25, 0.3) is 5.69 Å². The number of ether oxygens (including phenoxy) is 1. The molecule has 2 N–H and O–H groups in total. The first-order chi connectivity index (χ1) is 9.52. The van der Waals surface area contributed by atoms with Crippen molar-refractivity contribution in [2.24, 2.45) is 5.73 Å². The van der Waals surface area contributed by atoms with E-state index in [1.54, 1.807) is 31.3 Å². The van der Waals surface area contributed by atoms with E-state index in [2.05, 4.69) is 5.10 Å². The lowest BCUT2D eigenvalue weighted by atomic mass is 10.2. The number of nitrogens with two attached hydrogens (primary N) is 1. The van der Waals surface area contributed by atoms with Crippen LogP contribution in [0.5, 0.6) is 0 Å². The van der Waals surface area contributed by atoms with Gasteiger partial charge in [0.05, 0.1) is 24.1 Å². The Morgan fingerprint density at radius 3 is 2.95 bits per heavy atom. The molecule has 2 rings (SSSR count). The maximum absolute atomic E-state index is 11.6. The van der Waals surface area contributed by atoms with Crippen LogP contribution in [0.1, 0.15) is 22.8 Å². The van der Waals surface area contributed by atoms with Crippen LogP contribution in [0.2, 0.25) is 5.02 Å². The van der Waals surface area contributed by atoms with Crippen molar-refractivity contribution in [2.75, 3.05) is 6.61 Å². The lowest BCUT2D eigenvalue weighted by Crippen LogP contribution is -2.13. The number of hydrogen-bond acceptors (Lipinski definition) is 4. The number of esters is 1. The van der Waals surface area contributed by atoms with Gasteiger partial charge in [0, 0.05) is 16.8 Å². The molecule has 0 bridgehead atoms. The number of nitrogens with zero attached hydrogens (tertiary/aromatic N) is 2. The summed E-state index contributed by atoms with van der Waals surface area (Å²) in [7, 11) is 0. The lowest BCUT2D eigenvalue weighted by molar-refractivity contribution is 0.0526. The van der Waals surface area contributed by atoms with Gasteiger partial charge in [0.25, 0.3) is 0 Å². The monoisotopic (exact) mass is 309 g/mol. The third-order valence-corrected chi connectivity index (χ3v) is 3.02. The minimum absolute atomic E-state index is 0.227. The van der Waals surface area contributed by atoms with Crippen molar-refractivity contribution in [3.05, 3.63) is 46.7 Å². The minimum atomic E-state index is -0.433. The van der Waals surface area contributed by atoms with Gasteiger partial charge in [0.2, 0.25) is 0 Å². The van der Waals surface area contributed by atoms with Crippen LogP contribution in [0.4, 0.5) is 0 Å². The summed E-state index contributed by atoms with van der Waals surface area (Å²) in [5, 5.41) is 4.64. The van der Waals surface area contributed by atoms with Crippen LogP contribution in [-0.2, 0) is 4.74 Å². The van der Waals surface area contributed by atoms with Crippen LogP contribution in [-0.4, -0.2) is 27.3 Å². The maximum atomic E-state index is 11.6. The molecule has 0 saturated heterocycles. The summed E-state index contributed by atoms with van der Waals surface area (Å²) in [6.45, 7) is 2.05. The van der Waals surface area contributed by atoms with Gasteiger partial charge in [-0.3, -0.25) is 0 Å². The van der Waals surface area contributed by atoms with Crippen molar-refractivity contribution in [1.29, 1.82) is 0 Å². The average molecular weight is 310 g/mol. The largest absolute Gasteiger partial charge is 0.462 e. The minimum Gasteiger partial charge on any atom is -0.462 e. The van der Waals surface area contributed by atoms with Crippen molar-refractivity contribution in [2.45, 2.75) is 6.92 Å². The molecule has 1 aromatic heterocycles. The number of aromatic nitrogens is 2. The number of carbonyl (C=O) groups excluding carboxylic acids is 1. The van der Waals surface area contributed by atoms with Crippen LogP contribution >= 0.6 is 23.8 Å². The standard InChI is InChI=1S/C13H12ClN3O2S/c1-2-19-13(18)8-6-16-17(7-8)11-5-9(14)3-4-10(11)12(15)20/h3-7H,2H2,1H3,(H2,15,20). The Balaban J connectivity index is 2.44. The maximum Gasteiger partial charge on any atom is 0.341 e. The molecule has 104 valence electrons. The molecule has 0 radical (unpaired) electrons. The summed E-state index contributed by atoms with van der Waals surface area (Å²) in [6.07, 6.45) is 2.97. The molecule has 20 heavy (non-hydrogen) atoms. The average Bonchev–Trinajstić information content (AvgIpc) is 2.88. The molecular weight excluding hydrogens is 298 g/mol. The highest BCUT2D eigenvalue weighted by Gasteiger charge is 2.13. The number of hydrogen-bond donors (Lipinski definition) is 1. The van der Waals surface area contributed by atoms with E-state index in [1.807, 2.05) is 0 Å². The summed E-state index contributed by atoms with van der Waals surface area (Å²) in [5.41, 5.74) is 7.26. The van der Waals surface area contributed by atoms with Gasteiger partial charge >= 0.3 is 5.97 Å². The van der Waals surface area contributed by atoms with Gasteiger partial charge < -0.3 is 10.5 Å². The highest BCUT2D eigenvalue weighted by Crippen LogP contribution is 2.20. The molecule has 1 aromatic carbocycles. The molecule has 0 amide bonds. The summed E-state index contributed by atoms with van der Waals surface area (Å²) in [5.74, 6) is -0.433. The van der Waals surface area contributed by atoms with Gasteiger partial charge in [-0.25, -0.2) is 9.48 Å². The molecule has 0 spiro atoms. The number of halogens is 1. The zero-order valence-electron chi connectivity index (χ0n) is 10.7. The molecule has 0 aliphatic rings. The predicted molar refractivity (Wildman–Crippen MR) is 80.4 cm³/mol. The zero-order valence-corrected chi connectivity index (χ0v) is 12.2. The quantitative estimate of drug-likeness (QED) is 0.693. The molecule has 5 nitrogen and oxygen atoms in total. The van der Waals surface area contributed by atoms with Crippen molar-refractivity contribution in [3.63, 3.8) is 0 Å². The number of carbonyl (C=O) groups is 1. The first-order valence-corrected chi connectivity index (χ1v) is 6.63. The predicted octanol–water partition coefficient (Wildman–Crippen LogP) is 2.34. The van der Waals surface area contributed by atoms with E-state index in [9.17, 15) is 4.79 Å². The Morgan fingerprint density at radius 2 is 2.30 bits per heavy atom. The van der Waals surface area contributed by atoms with E-state index in [0.717, 1.165) is 0 Å². The van der Waals surface area contributed by atoms with Gasteiger partial charge in [-0.15, -0.1) is 0 Å². The van der Waals surface area contributed by atoms with Crippen LogP contribution in [0.15, 0.2) is 30.6 Å². The lowest BCUT2D eigenvalue weighted by Gasteiger charge is -2.08. The fourth-order valence-corrected chi connectivity index (χ4v) is 2.02. The molecular formula is C13H12ClN3O2S. The van der Waals surface area contributed by atoms with Crippen LogP contribution < -0.4 is 5.73 Å². The van der Waals surface area contributed by atoms with Crippen molar-refractivity contribution >= 4 is 34.8 Å². The fourth-order valence-electron chi connectivity index (χ4n) is 1.68. The molecule has 0 aliphatic carbocycles. The Kier molecular flexibility index (Phi) is 4.36. The molecule has 0 atom stereocenters. The summed E-state index contributed by atoms with van der Waals surface area (Å²) in [4.78, 5) is 11.8. The van der Waals surface area contributed by atoms with Crippen molar-refractivity contribution < 1.29 is 9.53 Å². The smallest absolute Gasteiger partial charge is 0.341 e. The Labute approximate surface area is 126 Å². The molecule has 0 fully saturated rings. The van der Waals surface area contributed by atoms with E-state index < -0.39 is 5.97 Å². The third kappa shape index (κ3) is 2.97. The van der Waals surface area contributed by atoms with E-state index in [1.165, 1.54) is 10.9 Å². The van der Waals surface area contributed by atoms with Crippen LogP contribution in [0, 0.1) is 0 Å². The highest BCUT2D eigenvalue weighted by atomic mass is 35.5. The normalized spacial score (nSPS) is 10.3. The Morgan fingerprint density at radius 1 is 1.55 bits per heavy atom. The second kappa shape index (κ2) is 6.02. The third-order valence-electron chi connectivity index (χ3n) is 2.57. The second-order valence-corrected chi connectivity index (χ2v) is 4.80. The van der Waals surface area contributed by atoms with E-state index >= 15 is 0 Å². The molecule has 0 unspecified atom stereocenters. The molecule has 0 aliphatic heterocycles. The molecule has 0 saturated carbocycles. The van der Waals surface area contributed by atoms with Gasteiger partial charge in [0.1, 0.15) is 4.99 Å². The van der Waals surface area contributed by atoms with E-state index in [4.69, 9.17) is 34.3 Å². The fraction of sp³-hybridized carbons (Fsp3) is 0.154. The number of rotatable bonds is 4. The van der Waals surface area contributed by atoms with Gasteiger partial charge in [-0.05, 0) is 25.1 Å². The van der Waals surface area contributed by atoms with Crippen LogP contribution in [0.3, 0.4) is 0 Å². The van der Waals surface area contributed by atoms with Gasteiger partial charge in [-0.2, -0.15) is 5.10 Å². The molecule has 7 heteroatoms. The molecule has 2 aromatic rings. The number of thiocarbonyl (C=S) groups is 1. The highest BCUT2D eigenvalue weighted by molar-refractivity contribution is 7.80. The first-order valence-electron chi connectivity index (χ1n) is 5.84. The topological polar surface area (TPSA) is 70.1 Å². The first kappa shape index (κ1) is 14.5. The second-order valence-electron chi connectivity index (χ2n) is 3.92. The van der Waals surface area contributed by atoms with E-state index in [0.29, 0.717) is 28.4 Å². The van der Waals surface area contributed by atoms with E-state index in [-0.39, 0.29) is 4.99 Å². The summed E-state index contributed by atoms with van der Waals surface area (Å²) in [6, 6.07) is 5.08. The SMILES string of the molecule is CCOC(=O)c1cnn(-c2cc(Cl)ccc2C(N)=S)c1. The summed E-state index contributed by atoms with van der Waals surface area (Å²) >= 11 is 11.0. The Hall–Kier alpha value is -1.92. The van der Waals surface area contributed by atoms with Gasteiger partial charge in [-0.1, -0.05) is 23.8 Å². The van der Waals surface area contributed by atoms with Gasteiger partial charge in [0.15, 0.2) is 0 Å². The van der Waals surface area contributed by atoms with Crippen molar-refractivity contribution in [3.8, 4) is 5.69 Å². The van der Waals surface area contributed by atoms with Crippen molar-refractivity contribution in [1.82, 2.24) is 9.78 Å². The number of benzene rings is 1. The zero-order chi connectivity index (χ0) is 14.7. The Bertz CT molecular complexity index is 669. The molecule has 1 heterocycles. The summed E-state index contributed by atoms with van der Waals surface area (Å²) < 4.78 is 6.40.